The van der Waals surface area contributed by atoms with Gasteiger partial charge in [0.2, 0.25) is 28.6 Å². The van der Waals surface area contributed by atoms with Gasteiger partial charge in [-0.3, -0.25) is 9.59 Å². The van der Waals surface area contributed by atoms with Crippen LogP contribution < -0.4 is 25.4 Å². The molecular weight excluding hydrogens is 608 g/mol. The number of nitrogens with one attached hydrogen (secondary N) is 3. The molecule has 12 heteroatoms. The van der Waals surface area contributed by atoms with Gasteiger partial charge in [0.25, 0.3) is 0 Å². The number of hydrogen-bond donors (Lipinski definition) is 4. The number of ether oxygens (including phenoxy) is 2. The van der Waals surface area contributed by atoms with Crippen molar-refractivity contribution < 1.29 is 32.6 Å². The van der Waals surface area contributed by atoms with Gasteiger partial charge in [-0.1, -0.05) is 65.0 Å². The number of sulfonamides is 1. The Bertz CT molecular complexity index is 1420. The third kappa shape index (κ3) is 9.43. The lowest BCUT2D eigenvalue weighted by molar-refractivity contribution is -0.132. The minimum atomic E-state index is -3.94. The first-order valence-electron chi connectivity index (χ1n) is 16.2. The van der Waals surface area contributed by atoms with E-state index in [0.717, 1.165) is 24.9 Å². The first kappa shape index (κ1) is 35.7. The van der Waals surface area contributed by atoms with Crippen molar-refractivity contribution >= 4 is 21.8 Å². The Morgan fingerprint density at radius 3 is 2.43 bits per heavy atom. The number of benzene rings is 2. The number of fused-ring (bicyclic) bond motifs is 1. The van der Waals surface area contributed by atoms with Gasteiger partial charge < -0.3 is 30.5 Å². The molecule has 0 aliphatic carbocycles. The molecule has 11 nitrogen and oxygen atoms in total. The Balaban J connectivity index is 1.43. The van der Waals surface area contributed by atoms with E-state index in [0.29, 0.717) is 24.5 Å². The van der Waals surface area contributed by atoms with Crippen LogP contribution in [0.1, 0.15) is 71.8 Å². The summed E-state index contributed by atoms with van der Waals surface area (Å²) in [5.41, 5.74) is 0.481. The predicted octanol–water partition coefficient (Wildman–Crippen LogP) is 3.39. The van der Waals surface area contributed by atoms with Gasteiger partial charge in [-0.2, -0.15) is 4.31 Å². The lowest BCUT2D eigenvalue weighted by Gasteiger charge is -2.31. The van der Waals surface area contributed by atoms with Crippen LogP contribution in [0.2, 0.25) is 0 Å². The highest BCUT2D eigenvalue weighted by Crippen LogP contribution is 2.35. The summed E-state index contributed by atoms with van der Waals surface area (Å²) in [7, 11) is -3.94. The summed E-state index contributed by atoms with van der Waals surface area (Å²) >= 11 is 0. The molecule has 0 aromatic heterocycles. The highest BCUT2D eigenvalue weighted by Gasteiger charge is 2.35. The van der Waals surface area contributed by atoms with Crippen LogP contribution in [0.5, 0.6) is 11.5 Å². The second-order valence-electron chi connectivity index (χ2n) is 13.8. The third-order valence-electron chi connectivity index (χ3n) is 8.38. The minimum Gasteiger partial charge on any atom is -0.454 e. The Labute approximate surface area is 273 Å². The second kappa shape index (κ2) is 15.6. The molecule has 46 heavy (non-hydrogen) atoms. The van der Waals surface area contributed by atoms with E-state index in [1.807, 2.05) is 65.0 Å². The lowest BCUT2D eigenvalue weighted by atomic mass is 9.85. The fraction of sp³-hybridized carbons (Fsp3) is 0.588. The van der Waals surface area contributed by atoms with Crippen LogP contribution in [0, 0.1) is 11.3 Å². The largest absolute Gasteiger partial charge is 0.454 e. The van der Waals surface area contributed by atoms with Gasteiger partial charge >= 0.3 is 0 Å². The molecule has 254 valence electrons. The molecule has 4 atom stereocenters. The fourth-order valence-corrected chi connectivity index (χ4v) is 7.60. The maximum Gasteiger partial charge on any atom is 0.243 e. The first-order chi connectivity index (χ1) is 21.8. The monoisotopic (exact) mass is 658 g/mol. The van der Waals surface area contributed by atoms with E-state index >= 15 is 0 Å². The smallest absolute Gasteiger partial charge is 0.243 e. The molecule has 1 unspecified atom stereocenters. The van der Waals surface area contributed by atoms with Gasteiger partial charge in [0, 0.05) is 25.7 Å². The third-order valence-corrected chi connectivity index (χ3v) is 10.2. The van der Waals surface area contributed by atoms with Crippen molar-refractivity contribution in [2.45, 2.75) is 89.3 Å². The van der Waals surface area contributed by atoms with Crippen molar-refractivity contribution in [2.24, 2.45) is 11.3 Å². The van der Waals surface area contributed by atoms with Gasteiger partial charge in [-0.15, -0.1) is 0 Å². The molecule has 4 rings (SSSR count). The average molecular weight is 659 g/mol. The SMILES string of the molecule is CC(C)CN(C[C@@H](O)CC(CCNC(=O)[C@@H](NC(=O)[C@@H]1CCCN1)C(C)(C)C)c1ccccc1)S(=O)(=O)c1ccc2c(c1)OCO2. The zero-order valence-electron chi connectivity index (χ0n) is 27.6. The van der Waals surface area contributed by atoms with Crippen molar-refractivity contribution in [3.05, 3.63) is 54.1 Å². The summed E-state index contributed by atoms with van der Waals surface area (Å²) in [4.78, 5) is 26.3. The topological polar surface area (TPSA) is 146 Å². The van der Waals surface area contributed by atoms with E-state index in [1.165, 1.54) is 16.4 Å². The Hall–Kier alpha value is -3.19. The molecule has 4 N–H and O–H groups in total. The van der Waals surface area contributed by atoms with E-state index in [1.54, 1.807) is 6.07 Å². The maximum absolute atomic E-state index is 13.7. The zero-order valence-corrected chi connectivity index (χ0v) is 28.4. The number of aliphatic hydroxyl groups excluding tert-OH is 1. The summed E-state index contributed by atoms with van der Waals surface area (Å²) in [5.74, 6) is 0.312. The molecule has 0 radical (unpaired) electrons. The molecule has 2 aromatic rings. The number of carbonyl (C=O) groups is 2. The molecule has 1 saturated heterocycles. The van der Waals surface area contributed by atoms with E-state index in [9.17, 15) is 23.1 Å². The first-order valence-corrected chi connectivity index (χ1v) is 17.6. The molecule has 2 aliphatic heterocycles. The van der Waals surface area contributed by atoms with E-state index < -0.39 is 27.6 Å². The van der Waals surface area contributed by atoms with Crippen LogP contribution >= 0.6 is 0 Å². The molecule has 0 bridgehead atoms. The molecule has 2 aliphatic rings. The van der Waals surface area contributed by atoms with Crippen LogP contribution in [0.4, 0.5) is 0 Å². The number of aliphatic hydroxyl groups is 1. The number of rotatable bonds is 15. The average Bonchev–Trinajstić information content (AvgIpc) is 3.71. The quantitative estimate of drug-likeness (QED) is 0.228. The summed E-state index contributed by atoms with van der Waals surface area (Å²) in [6.45, 7) is 10.9. The van der Waals surface area contributed by atoms with E-state index in [-0.39, 0.29) is 60.9 Å². The highest BCUT2D eigenvalue weighted by atomic mass is 32.2. The van der Waals surface area contributed by atoms with Gasteiger partial charge in [-0.25, -0.2) is 8.42 Å². The zero-order chi connectivity index (χ0) is 33.5. The minimum absolute atomic E-state index is 0.0248. The van der Waals surface area contributed by atoms with Crippen molar-refractivity contribution in [3.8, 4) is 11.5 Å². The summed E-state index contributed by atoms with van der Waals surface area (Å²) in [6, 6.07) is 13.2. The van der Waals surface area contributed by atoms with Crippen molar-refractivity contribution in [2.75, 3.05) is 33.0 Å². The number of carbonyl (C=O) groups excluding carboxylic acids is 2. The van der Waals surface area contributed by atoms with Crippen molar-refractivity contribution in [3.63, 3.8) is 0 Å². The Morgan fingerprint density at radius 2 is 1.78 bits per heavy atom. The molecule has 2 amide bonds. The predicted molar refractivity (Wildman–Crippen MR) is 176 cm³/mol. The van der Waals surface area contributed by atoms with Crippen molar-refractivity contribution in [1.82, 2.24) is 20.3 Å². The number of nitrogens with zero attached hydrogens (tertiary/aromatic N) is 1. The highest BCUT2D eigenvalue weighted by molar-refractivity contribution is 7.89. The molecule has 2 heterocycles. The summed E-state index contributed by atoms with van der Waals surface area (Å²) < 4.78 is 39.6. The number of hydrogen-bond acceptors (Lipinski definition) is 8. The van der Waals surface area contributed by atoms with Crippen molar-refractivity contribution in [1.29, 1.82) is 0 Å². The standard InChI is InChI=1S/C34H50N4O7S/c1-23(2)20-38(46(42,43)27-13-14-29-30(19-27)45-22-44-29)21-26(39)18-25(24-10-7-6-8-11-24)15-17-36-33(41)31(34(3,4)5)37-32(40)28-12-9-16-35-28/h6-8,10-11,13-14,19,23,25-26,28,31,35,39H,9,12,15-18,20-22H2,1-5H3,(H,36,41)(H,37,40)/t25?,26-,28-,31+/m0/s1. The molecule has 1 fully saturated rings. The van der Waals surface area contributed by atoms with Gasteiger partial charge in [0.05, 0.1) is 17.0 Å². The van der Waals surface area contributed by atoms with Crippen LogP contribution in [0.15, 0.2) is 53.4 Å². The fourth-order valence-electron chi connectivity index (χ4n) is 5.95. The van der Waals surface area contributed by atoms with Gasteiger partial charge in [0.1, 0.15) is 6.04 Å². The second-order valence-corrected chi connectivity index (χ2v) is 15.7. The lowest BCUT2D eigenvalue weighted by Crippen LogP contribution is -2.56. The molecule has 0 spiro atoms. The molecule has 2 aromatic carbocycles. The van der Waals surface area contributed by atoms with E-state index in [4.69, 9.17) is 9.47 Å². The number of amides is 2. The van der Waals surface area contributed by atoms with Gasteiger partial charge in [-0.05, 0) is 67.2 Å². The van der Waals surface area contributed by atoms with E-state index in [2.05, 4.69) is 16.0 Å². The van der Waals surface area contributed by atoms with Crippen LogP contribution in [-0.2, 0) is 19.6 Å². The Morgan fingerprint density at radius 1 is 1.07 bits per heavy atom. The normalized spacial score (nSPS) is 18.4. The summed E-state index contributed by atoms with van der Waals surface area (Å²) in [5, 5.41) is 20.5. The summed E-state index contributed by atoms with van der Waals surface area (Å²) in [6.07, 6.45) is 1.51. The van der Waals surface area contributed by atoms with Crippen LogP contribution in [0.3, 0.4) is 0 Å². The van der Waals surface area contributed by atoms with Crippen LogP contribution in [0.25, 0.3) is 0 Å². The Kier molecular flexibility index (Phi) is 12.1. The molecular formula is C34H50N4O7S. The molecule has 0 saturated carbocycles. The van der Waals surface area contributed by atoms with Gasteiger partial charge in [0.15, 0.2) is 11.5 Å². The maximum atomic E-state index is 13.7. The van der Waals surface area contributed by atoms with Crippen LogP contribution in [-0.4, -0.2) is 80.8 Å².